The Morgan fingerprint density at radius 2 is 1.88 bits per heavy atom. The maximum absolute atomic E-state index is 11.9. The molecule has 3 nitrogen and oxygen atoms in total. The highest BCUT2D eigenvalue weighted by Crippen LogP contribution is 2.16. The van der Waals surface area contributed by atoms with Crippen LogP contribution in [0.3, 0.4) is 0 Å². The molecule has 0 rings (SSSR count). The molecular weight excluding hydrogens is 223 g/mol. The van der Waals surface area contributed by atoms with Crippen LogP contribution in [0.15, 0.2) is 0 Å². The third-order valence-electron chi connectivity index (χ3n) is 2.06. The minimum absolute atomic E-state index is 0.409. The topological polar surface area (TPSA) is 49.3 Å². The number of alkyl halides is 3. The van der Waals surface area contributed by atoms with Gasteiger partial charge in [0.1, 0.15) is 0 Å². The average molecular weight is 241 g/mol. The maximum atomic E-state index is 11.9. The van der Waals surface area contributed by atoms with E-state index in [4.69, 9.17) is 0 Å². The fraction of sp³-hybridized carbons (Fsp3) is 0.900. The zero-order valence-corrected chi connectivity index (χ0v) is 9.69. The lowest BCUT2D eigenvalue weighted by Gasteiger charge is -2.19. The first kappa shape index (κ1) is 15.2. The summed E-state index contributed by atoms with van der Waals surface area (Å²) in [4.78, 5) is 10.5. The molecule has 0 aliphatic rings. The van der Waals surface area contributed by atoms with Crippen LogP contribution in [0.25, 0.3) is 0 Å². The Hall–Kier alpha value is -0.780. The van der Waals surface area contributed by atoms with Crippen LogP contribution >= 0.6 is 0 Å². The molecular formula is C10H18F3NO2. The molecule has 0 saturated heterocycles. The fourth-order valence-electron chi connectivity index (χ4n) is 1.22. The smallest absolute Gasteiger partial charge is 0.390 e. The van der Waals surface area contributed by atoms with E-state index in [9.17, 15) is 23.1 Å². The second-order valence-corrected chi connectivity index (χ2v) is 4.58. The van der Waals surface area contributed by atoms with Gasteiger partial charge in [-0.3, -0.25) is 4.79 Å². The van der Waals surface area contributed by atoms with Crippen LogP contribution in [0.5, 0.6) is 0 Å². The Morgan fingerprint density at radius 1 is 1.38 bits per heavy atom. The summed E-state index contributed by atoms with van der Waals surface area (Å²) in [5.41, 5.74) is -0.826. The first-order valence-corrected chi connectivity index (χ1v) is 5.12. The normalized spacial score (nSPS) is 14.7. The second kappa shape index (κ2) is 5.52. The molecule has 0 bridgehead atoms. The molecule has 0 saturated carbocycles. The monoisotopic (exact) mass is 241 g/mol. The lowest BCUT2D eigenvalue weighted by Crippen LogP contribution is -2.41. The second-order valence-electron chi connectivity index (χ2n) is 4.58. The van der Waals surface area contributed by atoms with Gasteiger partial charge in [-0.15, -0.1) is 0 Å². The highest BCUT2D eigenvalue weighted by molar-refractivity contribution is 5.81. The van der Waals surface area contributed by atoms with Gasteiger partial charge in [0.15, 0.2) is 0 Å². The van der Waals surface area contributed by atoms with Crippen molar-refractivity contribution in [3.63, 3.8) is 0 Å². The molecule has 2 N–H and O–H groups in total. The summed E-state index contributed by atoms with van der Waals surface area (Å²) in [7, 11) is 0. The Bertz CT molecular complexity index is 233. The minimum atomic E-state index is -4.83. The van der Waals surface area contributed by atoms with Gasteiger partial charge >= 0.3 is 12.1 Å². The zero-order valence-electron chi connectivity index (χ0n) is 9.69. The number of hydrogen-bond acceptors (Lipinski definition) is 2. The number of halogens is 3. The molecule has 1 atom stereocenters. The summed E-state index contributed by atoms with van der Waals surface area (Å²) in [5, 5.41) is 11.2. The van der Waals surface area contributed by atoms with Gasteiger partial charge in [-0.2, -0.15) is 13.2 Å². The lowest BCUT2D eigenvalue weighted by atomic mass is 10.00. The SMILES string of the molecule is CC(CCCC(C)(C)O)NC(=O)C(F)(F)F. The maximum Gasteiger partial charge on any atom is 0.471 e. The number of amides is 1. The third kappa shape index (κ3) is 7.50. The highest BCUT2D eigenvalue weighted by atomic mass is 19.4. The van der Waals surface area contributed by atoms with Crippen molar-refractivity contribution >= 4 is 5.91 Å². The van der Waals surface area contributed by atoms with E-state index in [0.29, 0.717) is 19.3 Å². The van der Waals surface area contributed by atoms with Gasteiger partial charge in [0.05, 0.1) is 5.60 Å². The molecule has 1 unspecified atom stereocenters. The minimum Gasteiger partial charge on any atom is -0.390 e. The van der Waals surface area contributed by atoms with Crippen LogP contribution in [0.2, 0.25) is 0 Å². The predicted octanol–water partition coefficient (Wildman–Crippen LogP) is 1.99. The number of nitrogens with one attached hydrogen (secondary N) is 1. The molecule has 96 valence electrons. The van der Waals surface area contributed by atoms with E-state index < -0.39 is 23.7 Å². The number of rotatable bonds is 5. The van der Waals surface area contributed by atoms with Gasteiger partial charge in [-0.25, -0.2) is 0 Å². The standard InChI is InChI=1S/C10H18F3NO2/c1-7(5-4-6-9(2,3)16)14-8(15)10(11,12)13/h7,16H,4-6H2,1-3H3,(H,14,15). The van der Waals surface area contributed by atoms with Crippen molar-refractivity contribution < 1.29 is 23.1 Å². The van der Waals surface area contributed by atoms with Crippen LogP contribution in [0.1, 0.15) is 40.0 Å². The van der Waals surface area contributed by atoms with Gasteiger partial charge in [0.2, 0.25) is 0 Å². The van der Waals surface area contributed by atoms with E-state index >= 15 is 0 Å². The van der Waals surface area contributed by atoms with Crippen molar-refractivity contribution in [2.75, 3.05) is 0 Å². The Labute approximate surface area is 93.0 Å². The van der Waals surface area contributed by atoms with Gasteiger partial charge < -0.3 is 10.4 Å². The van der Waals surface area contributed by atoms with Crippen LogP contribution < -0.4 is 5.32 Å². The number of carbonyl (C=O) groups excluding carboxylic acids is 1. The van der Waals surface area contributed by atoms with Crippen molar-refractivity contribution in [3.05, 3.63) is 0 Å². The van der Waals surface area contributed by atoms with E-state index in [2.05, 4.69) is 0 Å². The summed E-state index contributed by atoms with van der Waals surface area (Å²) in [6, 6.07) is -0.545. The molecule has 6 heteroatoms. The number of aliphatic hydroxyl groups is 1. The first-order chi connectivity index (χ1) is 7.02. The largest absolute Gasteiger partial charge is 0.471 e. The summed E-state index contributed by atoms with van der Waals surface area (Å²) >= 11 is 0. The molecule has 1 amide bonds. The van der Waals surface area contributed by atoms with Crippen LogP contribution in [-0.2, 0) is 4.79 Å². The van der Waals surface area contributed by atoms with Crippen molar-refractivity contribution in [2.24, 2.45) is 0 Å². The summed E-state index contributed by atoms with van der Waals surface area (Å²) < 4.78 is 35.6. The van der Waals surface area contributed by atoms with Crippen LogP contribution in [0, 0.1) is 0 Å². The molecule has 0 aromatic heterocycles. The van der Waals surface area contributed by atoms with Crippen molar-refractivity contribution in [1.29, 1.82) is 0 Å². The first-order valence-electron chi connectivity index (χ1n) is 5.12. The summed E-state index contributed by atoms with van der Waals surface area (Å²) in [6.45, 7) is 4.77. The highest BCUT2D eigenvalue weighted by Gasteiger charge is 2.39. The van der Waals surface area contributed by atoms with Gasteiger partial charge in [-0.05, 0) is 40.0 Å². The van der Waals surface area contributed by atoms with Gasteiger partial charge in [0.25, 0.3) is 0 Å². The quantitative estimate of drug-likeness (QED) is 0.773. The molecule has 0 spiro atoms. The van der Waals surface area contributed by atoms with Crippen LogP contribution in [-0.4, -0.2) is 28.8 Å². The van der Waals surface area contributed by atoms with E-state index in [0.717, 1.165) is 0 Å². The van der Waals surface area contributed by atoms with Crippen molar-refractivity contribution in [1.82, 2.24) is 5.32 Å². The van der Waals surface area contributed by atoms with Crippen molar-refractivity contribution in [2.45, 2.75) is 57.9 Å². The Morgan fingerprint density at radius 3 is 2.25 bits per heavy atom. The number of carbonyl (C=O) groups is 1. The van der Waals surface area contributed by atoms with E-state index in [1.165, 1.54) is 6.92 Å². The summed E-state index contributed by atoms with van der Waals surface area (Å²) in [6.07, 6.45) is -3.38. The third-order valence-corrected chi connectivity index (χ3v) is 2.06. The molecule has 0 aliphatic carbocycles. The van der Waals surface area contributed by atoms with E-state index in [1.807, 2.05) is 5.32 Å². The molecule has 0 aromatic carbocycles. The Balaban J connectivity index is 3.84. The molecule has 0 aliphatic heterocycles. The lowest BCUT2D eigenvalue weighted by molar-refractivity contribution is -0.174. The zero-order chi connectivity index (χ0) is 13.0. The molecule has 16 heavy (non-hydrogen) atoms. The molecule has 0 radical (unpaired) electrons. The molecule has 0 fully saturated rings. The van der Waals surface area contributed by atoms with E-state index in [-0.39, 0.29) is 0 Å². The Kier molecular flexibility index (Phi) is 5.25. The van der Waals surface area contributed by atoms with Crippen molar-refractivity contribution in [3.8, 4) is 0 Å². The molecule has 0 heterocycles. The average Bonchev–Trinajstić information content (AvgIpc) is 1.99. The summed E-state index contributed by atoms with van der Waals surface area (Å²) in [5.74, 6) is -1.91. The number of hydrogen-bond donors (Lipinski definition) is 2. The predicted molar refractivity (Wildman–Crippen MR) is 53.8 cm³/mol. The van der Waals surface area contributed by atoms with Gasteiger partial charge in [-0.1, -0.05) is 0 Å². The molecule has 0 aromatic rings. The van der Waals surface area contributed by atoms with Gasteiger partial charge in [0, 0.05) is 6.04 Å². The van der Waals surface area contributed by atoms with E-state index in [1.54, 1.807) is 13.8 Å². The fourth-order valence-corrected chi connectivity index (χ4v) is 1.22. The van der Waals surface area contributed by atoms with Crippen LogP contribution in [0.4, 0.5) is 13.2 Å².